The maximum Gasteiger partial charge on any atom is 0.273 e. The predicted molar refractivity (Wildman–Crippen MR) is 118 cm³/mol. The van der Waals surface area contributed by atoms with Crippen molar-refractivity contribution in [1.82, 2.24) is 0 Å². The van der Waals surface area contributed by atoms with Crippen LogP contribution in [0.2, 0.25) is 5.02 Å². The van der Waals surface area contributed by atoms with Gasteiger partial charge in [0.2, 0.25) is 0 Å². The molecule has 1 N–H and O–H groups in total. The third-order valence-electron chi connectivity index (χ3n) is 4.34. The zero-order chi connectivity index (χ0) is 21.7. The quantitative estimate of drug-likeness (QED) is 0.312. The van der Waals surface area contributed by atoms with E-state index >= 15 is 0 Å². The van der Waals surface area contributed by atoms with E-state index in [-0.39, 0.29) is 16.1 Å². The van der Waals surface area contributed by atoms with Gasteiger partial charge >= 0.3 is 0 Å². The van der Waals surface area contributed by atoms with Crippen molar-refractivity contribution >= 4 is 38.5 Å². The molecular weight excluding hydrogens is 426 g/mol. The zero-order valence-corrected chi connectivity index (χ0v) is 17.5. The summed E-state index contributed by atoms with van der Waals surface area (Å²) in [4.78, 5) is 10.9. The van der Waals surface area contributed by atoms with Crippen LogP contribution >= 0.6 is 11.6 Å². The molecule has 9 heteroatoms. The first kappa shape index (κ1) is 21.5. The second-order valence-corrected chi connectivity index (χ2v) is 8.91. The second kappa shape index (κ2) is 9.06. The van der Waals surface area contributed by atoms with Crippen molar-refractivity contribution in [2.75, 3.05) is 5.43 Å². The minimum Gasteiger partial charge on any atom is -0.278 e. The van der Waals surface area contributed by atoms with Crippen LogP contribution in [0.4, 0.5) is 11.4 Å². The molecule has 154 valence electrons. The van der Waals surface area contributed by atoms with Gasteiger partial charge in [0.05, 0.1) is 27.0 Å². The van der Waals surface area contributed by atoms with Crippen LogP contribution in [0.1, 0.15) is 18.1 Å². The van der Waals surface area contributed by atoms with E-state index < -0.39 is 20.5 Å². The molecule has 30 heavy (non-hydrogen) atoms. The number of hydrazone groups is 1. The molecule has 0 aliphatic carbocycles. The maximum absolute atomic E-state index is 12.8. The standard InChI is InChI=1S/C21H18ClN3O4S/c1-15(23-24-19-5-3-2-4-6-19)16-7-12-21(25(26)27)17(13-16)14-30(28,29)20-10-8-18(22)9-11-20/h2-13,24H,14H2,1H3/b23-15-. The SMILES string of the molecule is C/C(=N/Nc1ccccc1)c1ccc([N+](=O)[O-])c(CS(=O)(=O)c2ccc(Cl)cc2)c1. The van der Waals surface area contributed by atoms with Gasteiger partial charge in [0.25, 0.3) is 5.69 Å². The molecule has 0 atom stereocenters. The fourth-order valence-electron chi connectivity index (χ4n) is 2.76. The lowest BCUT2D eigenvalue weighted by Crippen LogP contribution is -2.09. The van der Waals surface area contributed by atoms with Crippen molar-refractivity contribution in [3.8, 4) is 0 Å². The Kier molecular flexibility index (Phi) is 6.49. The van der Waals surface area contributed by atoms with Gasteiger partial charge in [0.15, 0.2) is 9.84 Å². The van der Waals surface area contributed by atoms with Crippen LogP contribution in [0.5, 0.6) is 0 Å². The minimum absolute atomic E-state index is 0.0442. The van der Waals surface area contributed by atoms with Crippen molar-refractivity contribution in [1.29, 1.82) is 0 Å². The van der Waals surface area contributed by atoms with E-state index in [1.54, 1.807) is 13.0 Å². The van der Waals surface area contributed by atoms with Crippen LogP contribution in [0, 0.1) is 10.1 Å². The van der Waals surface area contributed by atoms with Gasteiger partial charge in [-0.15, -0.1) is 0 Å². The number of benzene rings is 3. The summed E-state index contributed by atoms with van der Waals surface area (Å²) in [5, 5.41) is 16.1. The number of halogens is 1. The molecule has 0 aliphatic heterocycles. The van der Waals surface area contributed by atoms with Crippen LogP contribution < -0.4 is 5.43 Å². The zero-order valence-electron chi connectivity index (χ0n) is 15.9. The molecule has 0 radical (unpaired) electrons. The van der Waals surface area contributed by atoms with Gasteiger partial charge in [-0.25, -0.2) is 8.42 Å². The lowest BCUT2D eigenvalue weighted by Gasteiger charge is -2.09. The molecule has 3 rings (SSSR count). The molecule has 0 aromatic heterocycles. The number of nitrogens with zero attached hydrogens (tertiary/aromatic N) is 2. The maximum atomic E-state index is 12.8. The first-order chi connectivity index (χ1) is 14.3. The summed E-state index contributed by atoms with van der Waals surface area (Å²) in [6, 6.07) is 19.3. The van der Waals surface area contributed by atoms with Crippen molar-refractivity contribution in [2.24, 2.45) is 5.10 Å². The van der Waals surface area contributed by atoms with Crippen LogP contribution in [0.3, 0.4) is 0 Å². The molecule has 0 saturated carbocycles. The van der Waals surface area contributed by atoms with E-state index in [4.69, 9.17) is 11.6 Å². The third kappa shape index (κ3) is 5.22. The number of para-hydroxylation sites is 1. The Labute approximate surface area is 179 Å². The predicted octanol–water partition coefficient (Wildman–Crippen LogP) is 5.06. The van der Waals surface area contributed by atoms with Crippen molar-refractivity contribution in [3.63, 3.8) is 0 Å². The second-order valence-electron chi connectivity index (χ2n) is 6.49. The number of sulfone groups is 1. The number of nitrogens with one attached hydrogen (secondary N) is 1. The van der Waals surface area contributed by atoms with Crippen molar-refractivity contribution in [3.05, 3.63) is 99.1 Å². The summed E-state index contributed by atoms with van der Waals surface area (Å²) >= 11 is 5.82. The van der Waals surface area contributed by atoms with Crippen LogP contribution in [0.15, 0.2) is 82.8 Å². The Balaban J connectivity index is 1.93. The highest BCUT2D eigenvalue weighted by Gasteiger charge is 2.23. The normalized spacial score (nSPS) is 11.9. The molecule has 0 saturated heterocycles. The Hall–Kier alpha value is -3.23. The van der Waals surface area contributed by atoms with E-state index in [9.17, 15) is 18.5 Å². The molecule has 7 nitrogen and oxygen atoms in total. The highest BCUT2D eigenvalue weighted by Crippen LogP contribution is 2.26. The number of hydrogen-bond acceptors (Lipinski definition) is 6. The lowest BCUT2D eigenvalue weighted by molar-refractivity contribution is -0.385. The van der Waals surface area contributed by atoms with Gasteiger partial charge in [-0.1, -0.05) is 29.8 Å². The van der Waals surface area contributed by atoms with E-state index in [1.807, 2.05) is 30.3 Å². The summed E-state index contributed by atoms with van der Waals surface area (Å²) < 4.78 is 25.5. The van der Waals surface area contributed by atoms with E-state index in [0.29, 0.717) is 16.3 Å². The first-order valence-electron chi connectivity index (χ1n) is 8.87. The highest BCUT2D eigenvalue weighted by atomic mass is 35.5. The number of hydrogen-bond donors (Lipinski definition) is 1. The Morgan fingerprint density at radius 3 is 2.37 bits per heavy atom. The topological polar surface area (TPSA) is 102 Å². The highest BCUT2D eigenvalue weighted by molar-refractivity contribution is 7.90. The minimum atomic E-state index is -3.80. The van der Waals surface area contributed by atoms with Crippen molar-refractivity contribution < 1.29 is 13.3 Å². The summed E-state index contributed by atoms with van der Waals surface area (Å²) in [6.07, 6.45) is 0. The van der Waals surface area contributed by atoms with Crippen LogP contribution in [-0.2, 0) is 15.6 Å². The Morgan fingerprint density at radius 1 is 1.07 bits per heavy atom. The number of anilines is 1. The average Bonchev–Trinajstić information content (AvgIpc) is 2.72. The Bertz CT molecular complexity index is 1190. The van der Waals surface area contributed by atoms with Crippen molar-refractivity contribution in [2.45, 2.75) is 17.6 Å². The van der Waals surface area contributed by atoms with Gasteiger partial charge in [0.1, 0.15) is 0 Å². The molecule has 0 aliphatic rings. The van der Waals surface area contributed by atoms with E-state index in [0.717, 1.165) is 5.69 Å². The molecule has 0 spiro atoms. The van der Waals surface area contributed by atoms with Gasteiger partial charge < -0.3 is 0 Å². The molecule has 0 bridgehead atoms. The Morgan fingerprint density at radius 2 is 1.73 bits per heavy atom. The summed E-state index contributed by atoms with van der Waals surface area (Å²) in [5.41, 5.74) is 4.63. The fraction of sp³-hybridized carbons (Fsp3) is 0.0952. The molecule has 0 amide bonds. The van der Waals surface area contributed by atoms with Crippen LogP contribution in [0.25, 0.3) is 0 Å². The molecule has 3 aromatic rings. The van der Waals surface area contributed by atoms with E-state index in [1.165, 1.54) is 36.4 Å². The first-order valence-corrected chi connectivity index (χ1v) is 10.9. The molecular formula is C21H18ClN3O4S. The average molecular weight is 444 g/mol. The largest absolute Gasteiger partial charge is 0.278 e. The smallest absolute Gasteiger partial charge is 0.273 e. The number of nitro groups is 1. The van der Waals surface area contributed by atoms with Gasteiger partial charge in [-0.3, -0.25) is 15.5 Å². The number of rotatable bonds is 7. The molecule has 0 unspecified atom stereocenters. The molecule has 0 heterocycles. The van der Waals surface area contributed by atoms with Gasteiger partial charge in [-0.05, 0) is 61.0 Å². The lowest BCUT2D eigenvalue weighted by atomic mass is 10.1. The summed E-state index contributed by atoms with van der Waals surface area (Å²) in [5.74, 6) is -0.516. The number of nitro benzene ring substituents is 1. The third-order valence-corrected chi connectivity index (χ3v) is 6.27. The summed E-state index contributed by atoms with van der Waals surface area (Å²) in [7, 11) is -3.80. The summed E-state index contributed by atoms with van der Waals surface area (Å²) in [6.45, 7) is 1.73. The van der Waals surface area contributed by atoms with E-state index in [2.05, 4.69) is 10.5 Å². The monoisotopic (exact) mass is 443 g/mol. The molecule has 0 fully saturated rings. The van der Waals surface area contributed by atoms with Gasteiger partial charge in [0, 0.05) is 16.7 Å². The van der Waals surface area contributed by atoms with Gasteiger partial charge in [-0.2, -0.15) is 5.10 Å². The van der Waals surface area contributed by atoms with Crippen LogP contribution in [-0.4, -0.2) is 19.1 Å². The fourth-order valence-corrected chi connectivity index (χ4v) is 4.24. The molecule has 3 aromatic carbocycles.